The fraction of sp³-hybridized carbons (Fsp3) is 0.429. The van der Waals surface area contributed by atoms with Crippen LogP contribution in [-0.2, 0) is 17.8 Å². The second-order valence-electron chi connectivity index (χ2n) is 4.61. The molecule has 0 aromatic heterocycles. The Morgan fingerprint density at radius 3 is 2.44 bits per heavy atom. The van der Waals surface area contributed by atoms with E-state index in [1.807, 2.05) is 38.2 Å². The summed E-state index contributed by atoms with van der Waals surface area (Å²) in [6.45, 7) is 3.39. The minimum atomic E-state index is -0.817. The summed E-state index contributed by atoms with van der Waals surface area (Å²) in [7, 11) is 1.97. The highest BCUT2D eigenvalue weighted by molar-refractivity contribution is 5.70. The number of carbonyl (C=O) groups is 1. The third-order valence-corrected chi connectivity index (χ3v) is 2.64. The van der Waals surface area contributed by atoms with Crippen molar-refractivity contribution in [3.05, 3.63) is 35.4 Å². The van der Waals surface area contributed by atoms with Gasteiger partial charge < -0.3 is 10.0 Å². The Labute approximate surface area is 107 Å². The molecule has 0 fully saturated rings. The maximum absolute atomic E-state index is 10.5. The summed E-state index contributed by atoms with van der Waals surface area (Å²) >= 11 is 0. The van der Waals surface area contributed by atoms with Gasteiger partial charge in [-0.05, 0) is 25.1 Å². The number of nitrogens with zero attached hydrogens (tertiary/aromatic N) is 2. The Kier molecular flexibility index (Phi) is 5.34. The van der Waals surface area contributed by atoms with Crippen LogP contribution in [0.1, 0.15) is 18.1 Å². The second kappa shape index (κ2) is 6.77. The number of carboxylic acids is 1. The summed E-state index contributed by atoms with van der Waals surface area (Å²) in [5.41, 5.74) is 1.93. The number of hydrogen-bond donors (Lipinski definition) is 1. The molecule has 0 saturated heterocycles. The zero-order valence-electron chi connectivity index (χ0n) is 10.8. The third-order valence-electron chi connectivity index (χ3n) is 2.64. The van der Waals surface area contributed by atoms with Crippen LogP contribution in [0.25, 0.3) is 0 Å². The van der Waals surface area contributed by atoms with Crippen molar-refractivity contribution < 1.29 is 9.90 Å². The Morgan fingerprint density at radius 1 is 1.39 bits per heavy atom. The molecule has 0 spiro atoms. The molecule has 1 rings (SSSR count). The third kappa shape index (κ3) is 4.98. The SMILES string of the molecule is CC(C#N)CN(C)Cc1ccc(CC(=O)O)cc1. The molecule has 4 nitrogen and oxygen atoms in total. The lowest BCUT2D eigenvalue weighted by Crippen LogP contribution is -2.23. The molecular formula is C14H18N2O2. The fourth-order valence-corrected chi connectivity index (χ4v) is 1.82. The van der Waals surface area contributed by atoms with Gasteiger partial charge in [0.15, 0.2) is 0 Å². The molecule has 18 heavy (non-hydrogen) atoms. The van der Waals surface area contributed by atoms with Crippen LogP contribution in [0.2, 0.25) is 0 Å². The van der Waals surface area contributed by atoms with E-state index in [4.69, 9.17) is 10.4 Å². The molecule has 0 aliphatic carbocycles. The van der Waals surface area contributed by atoms with Gasteiger partial charge in [-0.15, -0.1) is 0 Å². The molecule has 0 amide bonds. The highest BCUT2D eigenvalue weighted by Gasteiger charge is 2.06. The maximum atomic E-state index is 10.5. The van der Waals surface area contributed by atoms with Crippen molar-refractivity contribution in [2.75, 3.05) is 13.6 Å². The first-order valence-corrected chi connectivity index (χ1v) is 5.89. The van der Waals surface area contributed by atoms with Crippen LogP contribution in [0.4, 0.5) is 0 Å². The van der Waals surface area contributed by atoms with Gasteiger partial charge in [0.2, 0.25) is 0 Å². The molecule has 0 heterocycles. The van der Waals surface area contributed by atoms with Crippen molar-refractivity contribution in [1.29, 1.82) is 5.26 Å². The Balaban J connectivity index is 2.53. The monoisotopic (exact) mass is 246 g/mol. The molecule has 1 atom stereocenters. The van der Waals surface area contributed by atoms with Gasteiger partial charge in [-0.3, -0.25) is 4.79 Å². The smallest absolute Gasteiger partial charge is 0.307 e. The van der Waals surface area contributed by atoms with Gasteiger partial charge in [0.1, 0.15) is 0 Å². The number of rotatable bonds is 6. The standard InChI is InChI=1S/C14H18N2O2/c1-11(8-15)9-16(2)10-13-5-3-12(4-6-13)7-14(17)18/h3-6,11H,7,9-10H2,1-2H3,(H,17,18). The van der Waals surface area contributed by atoms with Crippen LogP contribution in [0.15, 0.2) is 24.3 Å². The largest absolute Gasteiger partial charge is 0.481 e. The van der Waals surface area contributed by atoms with E-state index in [-0.39, 0.29) is 12.3 Å². The molecule has 0 radical (unpaired) electrons. The predicted octanol–water partition coefficient (Wildman–Crippen LogP) is 1.91. The van der Waals surface area contributed by atoms with Crippen LogP contribution in [0.5, 0.6) is 0 Å². The lowest BCUT2D eigenvalue weighted by Gasteiger charge is -2.17. The molecule has 4 heteroatoms. The highest BCUT2D eigenvalue weighted by Crippen LogP contribution is 2.08. The topological polar surface area (TPSA) is 64.3 Å². The van der Waals surface area contributed by atoms with E-state index >= 15 is 0 Å². The Morgan fingerprint density at radius 2 is 1.94 bits per heavy atom. The summed E-state index contributed by atoms with van der Waals surface area (Å²) in [6, 6.07) is 9.75. The van der Waals surface area contributed by atoms with Crippen LogP contribution in [0.3, 0.4) is 0 Å². The molecule has 1 aromatic rings. The van der Waals surface area contributed by atoms with E-state index in [1.165, 1.54) is 0 Å². The first-order valence-electron chi connectivity index (χ1n) is 5.89. The second-order valence-corrected chi connectivity index (χ2v) is 4.61. The van der Waals surface area contributed by atoms with Crippen molar-refractivity contribution in [3.63, 3.8) is 0 Å². The summed E-state index contributed by atoms with van der Waals surface area (Å²) in [6.07, 6.45) is 0.0571. The fourth-order valence-electron chi connectivity index (χ4n) is 1.82. The number of hydrogen-bond acceptors (Lipinski definition) is 3. The molecule has 0 saturated carbocycles. The normalized spacial score (nSPS) is 12.1. The number of aliphatic carboxylic acids is 1. The minimum Gasteiger partial charge on any atom is -0.481 e. The zero-order valence-corrected chi connectivity index (χ0v) is 10.8. The van der Waals surface area contributed by atoms with E-state index < -0.39 is 5.97 Å². The summed E-state index contributed by atoms with van der Waals surface area (Å²) in [4.78, 5) is 12.6. The van der Waals surface area contributed by atoms with Crippen LogP contribution in [-0.4, -0.2) is 29.6 Å². The lowest BCUT2D eigenvalue weighted by atomic mass is 10.1. The van der Waals surface area contributed by atoms with Crippen molar-refractivity contribution in [2.24, 2.45) is 5.92 Å². The molecule has 0 bridgehead atoms. The van der Waals surface area contributed by atoms with Crippen LogP contribution in [0, 0.1) is 17.2 Å². The summed E-state index contributed by atoms with van der Waals surface area (Å²) in [5.74, 6) is -0.802. The van der Waals surface area contributed by atoms with E-state index in [0.29, 0.717) is 0 Å². The van der Waals surface area contributed by atoms with Gasteiger partial charge >= 0.3 is 5.97 Å². The molecular weight excluding hydrogens is 228 g/mol. The van der Waals surface area contributed by atoms with Crippen molar-refractivity contribution >= 4 is 5.97 Å². The van der Waals surface area contributed by atoms with Crippen LogP contribution < -0.4 is 0 Å². The summed E-state index contributed by atoms with van der Waals surface area (Å²) in [5, 5.41) is 17.4. The highest BCUT2D eigenvalue weighted by atomic mass is 16.4. The van der Waals surface area contributed by atoms with Crippen molar-refractivity contribution in [3.8, 4) is 6.07 Å². The predicted molar refractivity (Wildman–Crippen MR) is 68.9 cm³/mol. The number of nitriles is 1. The lowest BCUT2D eigenvalue weighted by molar-refractivity contribution is -0.136. The van der Waals surface area contributed by atoms with E-state index in [1.54, 1.807) is 0 Å². The van der Waals surface area contributed by atoms with E-state index in [0.717, 1.165) is 24.2 Å². The molecule has 0 aliphatic heterocycles. The van der Waals surface area contributed by atoms with E-state index in [9.17, 15) is 4.79 Å². The van der Waals surface area contributed by atoms with Gasteiger partial charge in [-0.2, -0.15) is 5.26 Å². The Hall–Kier alpha value is -1.86. The molecule has 1 N–H and O–H groups in total. The molecule has 1 unspecified atom stereocenters. The first kappa shape index (κ1) is 14.2. The Bertz CT molecular complexity index is 434. The molecule has 0 aliphatic rings. The molecule has 96 valence electrons. The van der Waals surface area contributed by atoms with Gasteiger partial charge in [0.25, 0.3) is 0 Å². The van der Waals surface area contributed by atoms with E-state index in [2.05, 4.69) is 11.0 Å². The van der Waals surface area contributed by atoms with Gasteiger partial charge in [0, 0.05) is 13.1 Å². The zero-order chi connectivity index (χ0) is 13.5. The summed E-state index contributed by atoms with van der Waals surface area (Å²) < 4.78 is 0. The van der Waals surface area contributed by atoms with Crippen molar-refractivity contribution in [1.82, 2.24) is 4.90 Å². The van der Waals surface area contributed by atoms with Crippen molar-refractivity contribution in [2.45, 2.75) is 19.9 Å². The minimum absolute atomic E-state index is 0.0151. The molecule has 1 aromatic carbocycles. The van der Waals surface area contributed by atoms with Crippen LogP contribution >= 0.6 is 0 Å². The number of carboxylic acid groups (broad SMARTS) is 1. The average Bonchev–Trinajstić information content (AvgIpc) is 2.30. The van der Waals surface area contributed by atoms with Gasteiger partial charge in [0.05, 0.1) is 18.4 Å². The quantitative estimate of drug-likeness (QED) is 0.832. The number of benzene rings is 1. The van der Waals surface area contributed by atoms with Gasteiger partial charge in [-0.25, -0.2) is 0 Å². The first-order chi connectivity index (χ1) is 8.51. The van der Waals surface area contributed by atoms with Gasteiger partial charge in [-0.1, -0.05) is 24.3 Å². The average molecular weight is 246 g/mol. The maximum Gasteiger partial charge on any atom is 0.307 e.